The zero-order valence-corrected chi connectivity index (χ0v) is 36.9. The number of benzene rings is 4. The molecule has 0 radical (unpaired) electrons. The summed E-state index contributed by atoms with van der Waals surface area (Å²) in [6.45, 7) is 29.1. The molecule has 4 aromatic carbocycles. The molecule has 4 heteroatoms. The van der Waals surface area contributed by atoms with E-state index in [0.717, 1.165) is 53.5 Å². The quantitative estimate of drug-likeness (QED) is 0.121. The van der Waals surface area contributed by atoms with Crippen molar-refractivity contribution >= 4 is 6.08 Å². The monoisotopic (exact) mass is 759 g/mol. The van der Waals surface area contributed by atoms with Crippen LogP contribution in [0.4, 0.5) is 0 Å². The van der Waals surface area contributed by atoms with Gasteiger partial charge in [-0.1, -0.05) is 148 Å². The fraction of sp³-hybridized carbons (Fsp3) is 0.462. The summed E-state index contributed by atoms with van der Waals surface area (Å²) in [6, 6.07) is 25.0. The Balaban J connectivity index is 0.000000300. The molecule has 0 aliphatic carbocycles. The molecule has 4 aromatic rings. The van der Waals surface area contributed by atoms with Crippen LogP contribution in [-0.4, -0.2) is 32.6 Å². The third kappa shape index (κ3) is 10.6. The van der Waals surface area contributed by atoms with Crippen LogP contribution in [0, 0.1) is 50.4 Å². The SMILES string of the molecule is CCC(CC)(c1ccc(O)c(C)c1)c1ccc(/C=C/C(O)C(C)(C)C)c(C)c1.CCC(CC)(c1ccc(O)c(C)c1)c1ccc(C#CC(O)C(C)(C)C)c(C)c1. The van der Waals surface area contributed by atoms with Gasteiger partial charge in [-0.25, -0.2) is 0 Å². The van der Waals surface area contributed by atoms with E-state index in [1.54, 1.807) is 6.07 Å². The van der Waals surface area contributed by atoms with E-state index in [2.05, 4.69) is 108 Å². The van der Waals surface area contributed by atoms with Gasteiger partial charge >= 0.3 is 0 Å². The molecule has 302 valence electrons. The largest absolute Gasteiger partial charge is 0.508 e. The molecule has 0 heterocycles. The highest BCUT2D eigenvalue weighted by molar-refractivity contribution is 5.57. The van der Waals surface area contributed by atoms with E-state index >= 15 is 0 Å². The van der Waals surface area contributed by atoms with E-state index in [9.17, 15) is 20.4 Å². The molecule has 2 unspecified atom stereocenters. The Morgan fingerprint density at radius 2 is 0.929 bits per heavy atom. The minimum absolute atomic E-state index is 0.0730. The summed E-state index contributed by atoms with van der Waals surface area (Å²) in [5.74, 6) is 6.83. The highest BCUT2D eigenvalue weighted by Crippen LogP contribution is 2.42. The summed E-state index contributed by atoms with van der Waals surface area (Å²) < 4.78 is 0. The van der Waals surface area contributed by atoms with Gasteiger partial charge in [-0.15, -0.1) is 0 Å². The fourth-order valence-corrected chi connectivity index (χ4v) is 7.48. The van der Waals surface area contributed by atoms with Crippen molar-refractivity contribution in [3.05, 3.63) is 135 Å². The lowest BCUT2D eigenvalue weighted by molar-refractivity contribution is 0.106. The minimum Gasteiger partial charge on any atom is -0.508 e. The summed E-state index contributed by atoms with van der Waals surface area (Å²) in [5, 5.41) is 40.4. The standard InChI is InChI=1S/C26H36O2.C26H34O2/c2*1-8-26(9-2,22-13-14-23(27)19(4)17-22)21-12-10-20(18(3)16-21)11-15-24(28)25(5,6)7/h10-17,24,27-28H,8-9H2,1-7H3;10,12-14,16-17,24,27-28H,8-9H2,1-7H3/b15-11+;. The molecular weight excluding hydrogens is 689 g/mol. The molecule has 0 aliphatic rings. The van der Waals surface area contributed by atoms with Crippen molar-refractivity contribution in [1.29, 1.82) is 0 Å². The van der Waals surface area contributed by atoms with Crippen LogP contribution in [0.2, 0.25) is 0 Å². The predicted molar refractivity (Wildman–Crippen MR) is 238 cm³/mol. The van der Waals surface area contributed by atoms with E-state index in [4.69, 9.17) is 0 Å². The molecule has 0 saturated heterocycles. The first-order valence-corrected chi connectivity index (χ1v) is 20.5. The Labute approximate surface area is 339 Å². The third-order valence-corrected chi connectivity index (χ3v) is 12.0. The highest BCUT2D eigenvalue weighted by Gasteiger charge is 2.33. The van der Waals surface area contributed by atoms with Gasteiger partial charge in [0.25, 0.3) is 0 Å². The normalized spacial score (nSPS) is 13.4. The number of aryl methyl sites for hydroxylation is 4. The van der Waals surface area contributed by atoms with Gasteiger partial charge in [-0.05, 0) is 132 Å². The van der Waals surface area contributed by atoms with Crippen LogP contribution < -0.4 is 0 Å². The number of hydrogen-bond donors (Lipinski definition) is 4. The first kappa shape index (κ1) is 46.1. The maximum absolute atomic E-state index is 10.3. The maximum Gasteiger partial charge on any atom is 0.119 e. The van der Waals surface area contributed by atoms with Gasteiger partial charge < -0.3 is 20.4 Å². The molecule has 0 bridgehead atoms. The second kappa shape index (κ2) is 18.8. The number of phenols is 2. The van der Waals surface area contributed by atoms with Crippen LogP contribution in [0.5, 0.6) is 11.5 Å². The number of aromatic hydroxyl groups is 2. The molecule has 0 aromatic heterocycles. The second-order valence-electron chi connectivity index (χ2n) is 17.9. The summed E-state index contributed by atoms with van der Waals surface area (Å²) >= 11 is 0. The average Bonchev–Trinajstić information content (AvgIpc) is 3.14. The average molecular weight is 759 g/mol. The Morgan fingerprint density at radius 3 is 1.29 bits per heavy atom. The third-order valence-electron chi connectivity index (χ3n) is 12.0. The topological polar surface area (TPSA) is 80.9 Å². The lowest BCUT2D eigenvalue weighted by Crippen LogP contribution is -2.26. The lowest BCUT2D eigenvalue weighted by atomic mass is 9.70. The van der Waals surface area contributed by atoms with Gasteiger partial charge in [-0.2, -0.15) is 0 Å². The van der Waals surface area contributed by atoms with Crippen molar-refractivity contribution in [2.24, 2.45) is 10.8 Å². The van der Waals surface area contributed by atoms with Gasteiger partial charge in [0.05, 0.1) is 6.10 Å². The van der Waals surface area contributed by atoms with Gasteiger partial charge in [0.1, 0.15) is 17.6 Å². The lowest BCUT2D eigenvalue weighted by Gasteiger charge is -2.34. The summed E-state index contributed by atoms with van der Waals surface area (Å²) in [5.41, 5.74) is 10.7. The van der Waals surface area contributed by atoms with Crippen LogP contribution in [0.15, 0.2) is 78.9 Å². The summed E-state index contributed by atoms with van der Waals surface area (Å²) in [6.07, 6.45) is 6.71. The minimum atomic E-state index is -0.656. The number of aliphatic hydroxyl groups is 2. The molecular formula is C52H70O4. The first-order chi connectivity index (χ1) is 26.1. The number of phenolic OH excluding ortho intramolecular Hbond substituents is 2. The molecule has 2 atom stereocenters. The molecule has 0 saturated carbocycles. The second-order valence-corrected chi connectivity index (χ2v) is 17.9. The zero-order chi connectivity index (χ0) is 42.2. The predicted octanol–water partition coefficient (Wildman–Crippen LogP) is 12.4. The Bertz CT molecular complexity index is 2020. The molecule has 4 nitrogen and oxygen atoms in total. The van der Waals surface area contributed by atoms with Gasteiger partial charge in [0.15, 0.2) is 0 Å². The van der Waals surface area contributed by atoms with E-state index in [-0.39, 0.29) is 21.7 Å². The van der Waals surface area contributed by atoms with Crippen LogP contribution in [0.1, 0.15) is 151 Å². The van der Waals surface area contributed by atoms with Crippen molar-refractivity contribution in [2.45, 2.75) is 146 Å². The van der Waals surface area contributed by atoms with Gasteiger partial charge in [0.2, 0.25) is 0 Å². The Kier molecular flexibility index (Phi) is 15.4. The molecule has 4 N–H and O–H groups in total. The molecule has 0 amide bonds. The smallest absolute Gasteiger partial charge is 0.119 e. The van der Waals surface area contributed by atoms with Crippen LogP contribution >= 0.6 is 0 Å². The Morgan fingerprint density at radius 1 is 0.536 bits per heavy atom. The molecule has 56 heavy (non-hydrogen) atoms. The number of hydrogen-bond acceptors (Lipinski definition) is 4. The maximum atomic E-state index is 10.3. The van der Waals surface area contributed by atoms with E-state index in [0.29, 0.717) is 11.5 Å². The summed E-state index contributed by atoms with van der Waals surface area (Å²) in [4.78, 5) is 0. The Hall–Kier alpha value is -4.30. The first-order valence-electron chi connectivity index (χ1n) is 20.5. The van der Waals surface area contributed by atoms with Gasteiger partial charge in [-0.3, -0.25) is 0 Å². The molecule has 0 spiro atoms. The number of rotatable bonds is 10. The fourth-order valence-electron chi connectivity index (χ4n) is 7.48. The van der Waals surface area contributed by atoms with Crippen LogP contribution in [-0.2, 0) is 10.8 Å². The van der Waals surface area contributed by atoms with Crippen molar-refractivity contribution in [1.82, 2.24) is 0 Å². The van der Waals surface area contributed by atoms with Crippen LogP contribution in [0.3, 0.4) is 0 Å². The van der Waals surface area contributed by atoms with E-state index in [1.807, 2.05) is 79.7 Å². The van der Waals surface area contributed by atoms with E-state index < -0.39 is 12.2 Å². The van der Waals surface area contributed by atoms with Crippen LogP contribution in [0.25, 0.3) is 6.08 Å². The molecule has 4 rings (SSSR count). The number of aliphatic hydroxyl groups excluding tert-OH is 2. The zero-order valence-electron chi connectivity index (χ0n) is 36.9. The van der Waals surface area contributed by atoms with Crippen molar-refractivity contribution in [2.75, 3.05) is 0 Å². The van der Waals surface area contributed by atoms with E-state index in [1.165, 1.54) is 27.8 Å². The molecule has 0 aliphatic heterocycles. The highest BCUT2D eigenvalue weighted by atomic mass is 16.3. The van der Waals surface area contributed by atoms with Crippen molar-refractivity contribution in [3.63, 3.8) is 0 Å². The summed E-state index contributed by atoms with van der Waals surface area (Å²) in [7, 11) is 0. The van der Waals surface area contributed by atoms with Crippen molar-refractivity contribution < 1.29 is 20.4 Å². The molecule has 0 fully saturated rings. The van der Waals surface area contributed by atoms with Gasteiger partial charge in [0, 0.05) is 16.4 Å². The van der Waals surface area contributed by atoms with Crippen molar-refractivity contribution in [3.8, 4) is 23.3 Å².